The molecule has 3 N–H and O–H groups in total. The molecule has 0 bridgehead atoms. The van der Waals surface area contributed by atoms with Crippen molar-refractivity contribution in [2.24, 2.45) is 5.73 Å². The summed E-state index contributed by atoms with van der Waals surface area (Å²) in [6, 6.07) is 0.0802. The molecular weight excluding hydrogens is 176 g/mol. The minimum Gasteiger partial charge on any atom is -0.381 e. The molecular formula is C11H20N2O. The first-order chi connectivity index (χ1) is 6.72. The molecule has 3 nitrogen and oxygen atoms in total. The Kier molecular flexibility index (Phi) is 4.40. The van der Waals surface area contributed by atoms with Crippen molar-refractivity contribution in [1.29, 1.82) is 0 Å². The number of terminal acetylenes is 1. The zero-order valence-corrected chi connectivity index (χ0v) is 8.88. The van der Waals surface area contributed by atoms with Crippen molar-refractivity contribution >= 4 is 0 Å². The molecule has 1 fully saturated rings. The van der Waals surface area contributed by atoms with Crippen LogP contribution in [0.1, 0.15) is 26.2 Å². The summed E-state index contributed by atoms with van der Waals surface area (Å²) in [5, 5.41) is 3.43. The third-order valence-electron chi connectivity index (χ3n) is 2.83. The molecule has 3 heteroatoms. The maximum atomic E-state index is 5.82. The van der Waals surface area contributed by atoms with Crippen LogP contribution in [0.4, 0.5) is 0 Å². The predicted molar refractivity (Wildman–Crippen MR) is 57.9 cm³/mol. The first-order valence-corrected chi connectivity index (χ1v) is 5.24. The van der Waals surface area contributed by atoms with Crippen LogP contribution in [-0.4, -0.2) is 31.3 Å². The van der Waals surface area contributed by atoms with E-state index in [1.807, 2.05) is 6.92 Å². The van der Waals surface area contributed by atoms with Gasteiger partial charge in [-0.15, -0.1) is 6.42 Å². The largest absolute Gasteiger partial charge is 0.381 e. The molecule has 0 spiro atoms. The van der Waals surface area contributed by atoms with Gasteiger partial charge in [0.05, 0.1) is 6.04 Å². The van der Waals surface area contributed by atoms with Crippen LogP contribution in [-0.2, 0) is 4.74 Å². The molecule has 0 amide bonds. The minimum absolute atomic E-state index is 0.0116. The lowest BCUT2D eigenvalue weighted by Gasteiger charge is -2.33. The highest BCUT2D eigenvalue weighted by Gasteiger charge is 2.30. The third kappa shape index (κ3) is 2.98. The van der Waals surface area contributed by atoms with Gasteiger partial charge < -0.3 is 10.5 Å². The van der Waals surface area contributed by atoms with Crippen molar-refractivity contribution in [3.63, 3.8) is 0 Å². The Morgan fingerprint density at radius 3 is 3.00 bits per heavy atom. The van der Waals surface area contributed by atoms with Crippen LogP contribution in [0.25, 0.3) is 0 Å². The molecule has 0 aromatic rings. The van der Waals surface area contributed by atoms with E-state index in [1.165, 1.54) is 0 Å². The van der Waals surface area contributed by atoms with E-state index < -0.39 is 0 Å². The Balaban J connectivity index is 2.58. The molecule has 14 heavy (non-hydrogen) atoms. The average Bonchev–Trinajstić information content (AvgIpc) is 2.44. The number of hydrogen-bond donors (Lipinski definition) is 2. The van der Waals surface area contributed by atoms with Crippen LogP contribution in [0.15, 0.2) is 0 Å². The number of nitrogens with two attached hydrogens (primary N) is 1. The number of hydrogen-bond acceptors (Lipinski definition) is 3. The van der Waals surface area contributed by atoms with Gasteiger partial charge in [-0.25, -0.2) is 0 Å². The maximum absolute atomic E-state index is 5.82. The highest BCUT2D eigenvalue weighted by atomic mass is 16.5. The van der Waals surface area contributed by atoms with E-state index in [0.29, 0.717) is 6.54 Å². The van der Waals surface area contributed by atoms with Crippen LogP contribution in [0.5, 0.6) is 0 Å². The van der Waals surface area contributed by atoms with Gasteiger partial charge in [0.15, 0.2) is 0 Å². The number of rotatable bonds is 3. The molecule has 1 aliphatic heterocycles. The highest BCUT2D eigenvalue weighted by Crippen LogP contribution is 2.20. The molecule has 0 aliphatic carbocycles. The van der Waals surface area contributed by atoms with E-state index in [9.17, 15) is 0 Å². The van der Waals surface area contributed by atoms with E-state index in [-0.39, 0.29) is 11.6 Å². The average molecular weight is 196 g/mol. The molecule has 0 aromatic carbocycles. The fraction of sp³-hybridized carbons (Fsp3) is 0.818. The van der Waals surface area contributed by atoms with Gasteiger partial charge >= 0.3 is 0 Å². The van der Waals surface area contributed by atoms with Crippen LogP contribution < -0.4 is 11.1 Å². The van der Waals surface area contributed by atoms with Gasteiger partial charge in [0.25, 0.3) is 0 Å². The van der Waals surface area contributed by atoms with E-state index in [0.717, 1.165) is 32.5 Å². The quantitative estimate of drug-likeness (QED) is 0.646. The molecule has 1 saturated heterocycles. The number of nitrogens with one attached hydrogen (secondary N) is 1. The van der Waals surface area contributed by atoms with Crippen molar-refractivity contribution in [2.45, 2.75) is 37.8 Å². The van der Waals surface area contributed by atoms with Gasteiger partial charge in [-0.05, 0) is 26.2 Å². The zero-order valence-electron chi connectivity index (χ0n) is 8.88. The fourth-order valence-electron chi connectivity index (χ4n) is 1.92. The minimum atomic E-state index is -0.0116. The van der Waals surface area contributed by atoms with Gasteiger partial charge in [0.2, 0.25) is 0 Å². The van der Waals surface area contributed by atoms with Crippen LogP contribution in [0.2, 0.25) is 0 Å². The summed E-state index contributed by atoms with van der Waals surface area (Å²) in [4.78, 5) is 0. The standard InChI is InChI=1S/C11H20N2O/c1-3-10(2)13-11(9-12)5-4-7-14-8-6-11/h1,10,13H,4-9,12H2,2H3. The lowest BCUT2D eigenvalue weighted by atomic mass is 9.90. The second-order valence-electron chi connectivity index (χ2n) is 3.98. The SMILES string of the molecule is C#CC(C)NC1(CN)CCCOCC1. The first-order valence-electron chi connectivity index (χ1n) is 5.24. The van der Waals surface area contributed by atoms with E-state index in [1.54, 1.807) is 0 Å². The molecule has 0 aromatic heterocycles. The van der Waals surface area contributed by atoms with Gasteiger partial charge in [-0.3, -0.25) is 5.32 Å². The Morgan fingerprint density at radius 1 is 1.57 bits per heavy atom. The first kappa shape index (κ1) is 11.5. The highest BCUT2D eigenvalue weighted by molar-refractivity contribution is 5.02. The van der Waals surface area contributed by atoms with Crippen LogP contribution in [0.3, 0.4) is 0 Å². The molecule has 2 unspecified atom stereocenters. The van der Waals surface area contributed by atoms with Gasteiger partial charge in [-0.1, -0.05) is 5.92 Å². The summed E-state index contributed by atoms with van der Waals surface area (Å²) in [6.45, 7) is 4.24. The van der Waals surface area contributed by atoms with Crippen molar-refractivity contribution in [2.75, 3.05) is 19.8 Å². The van der Waals surface area contributed by atoms with E-state index in [4.69, 9.17) is 16.9 Å². The number of ether oxygens (including phenoxy) is 1. The summed E-state index contributed by atoms with van der Waals surface area (Å²) in [5.74, 6) is 2.68. The van der Waals surface area contributed by atoms with Crippen molar-refractivity contribution in [3.8, 4) is 12.3 Å². The molecule has 0 radical (unpaired) electrons. The van der Waals surface area contributed by atoms with Crippen molar-refractivity contribution in [3.05, 3.63) is 0 Å². The van der Waals surface area contributed by atoms with Crippen LogP contribution >= 0.6 is 0 Å². The Labute approximate surface area is 86.4 Å². The molecule has 0 saturated carbocycles. The van der Waals surface area contributed by atoms with Gasteiger partial charge in [-0.2, -0.15) is 0 Å². The second-order valence-corrected chi connectivity index (χ2v) is 3.98. The Morgan fingerprint density at radius 2 is 2.36 bits per heavy atom. The molecule has 1 aliphatic rings. The fourth-order valence-corrected chi connectivity index (χ4v) is 1.92. The zero-order chi connectivity index (χ0) is 10.4. The molecule has 1 heterocycles. The summed E-state index contributed by atoms with van der Waals surface area (Å²) < 4.78 is 5.42. The van der Waals surface area contributed by atoms with Gasteiger partial charge in [0, 0.05) is 25.3 Å². The maximum Gasteiger partial charge on any atom is 0.0663 e. The normalized spacial score (nSPS) is 30.4. The molecule has 80 valence electrons. The summed E-state index contributed by atoms with van der Waals surface area (Å²) >= 11 is 0. The molecule has 2 atom stereocenters. The van der Waals surface area contributed by atoms with E-state index >= 15 is 0 Å². The van der Waals surface area contributed by atoms with Crippen molar-refractivity contribution < 1.29 is 4.74 Å². The monoisotopic (exact) mass is 196 g/mol. The van der Waals surface area contributed by atoms with E-state index in [2.05, 4.69) is 11.2 Å². The summed E-state index contributed by atoms with van der Waals surface area (Å²) in [6.07, 6.45) is 8.42. The summed E-state index contributed by atoms with van der Waals surface area (Å²) in [7, 11) is 0. The molecule has 1 rings (SSSR count). The van der Waals surface area contributed by atoms with Gasteiger partial charge in [0.1, 0.15) is 0 Å². The Bertz CT molecular complexity index is 202. The predicted octanol–water partition coefficient (Wildman–Crippen LogP) is 0.496. The lowest BCUT2D eigenvalue weighted by molar-refractivity contribution is 0.136. The lowest BCUT2D eigenvalue weighted by Crippen LogP contribution is -2.54. The second kappa shape index (κ2) is 5.35. The van der Waals surface area contributed by atoms with Crippen molar-refractivity contribution in [1.82, 2.24) is 5.32 Å². The smallest absolute Gasteiger partial charge is 0.0663 e. The Hall–Kier alpha value is -0.560. The topological polar surface area (TPSA) is 47.3 Å². The summed E-state index contributed by atoms with van der Waals surface area (Å²) in [5.41, 5.74) is 5.81. The van der Waals surface area contributed by atoms with Crippen LogP contribution in [0, 0.1) is 12.3 Å². The third-order valence-corrected chi connectivity index (χ3v) is 2.83.